The molecule has 3 amide bonds. The van der Waals surface area contributed by atoms with Crippen molar-refractivity contribution in [3.63, 3.8) is 0 Å². The molecule has 37 heavy (non-hydrogen) atoms. The van der Waals surface area contributed by atoms with Crippen molar-refractivity contribution in [3.8, 4) is 11.5 Å². The molecule has 10 heteroatoms. The van der Waals surface area contributed by atoms with E-state index in [1.165, 1.54) is 6.21 Å². The molecule has 0 aliphatic heterocycles. The third-order valence-electron chi connectivity index (χ3n) is 5.17. The third kappa shape index (κ3) is 8.36. The van der Waals surface area contributed by atoms with Crippen molar-refractivity contribution in [1.82, 2.24) is 10.7 Å². The number of carbonyl (C=O) groups excluding carboxylic acids is 3. The van der Waals surface area contributed by atoms with Crippen LogP contribution in [0.15, 0.2) is 65.8 Å². The molecule has 0 heterocycles. The van der Waals surface area contributed by atoms with Gasteiger partial charge in [0.2, 0.25) is 0 Å². The lowest BCUT2D eigenvalue weighted by Gasteiger charge is -2.12. The Morgan fingerprint density at radius 3 is 2.43 bits per heavy atom. The van der Waals surface area contributed by atoms with Gasteiger partial charge in [0.1, 0.15) is 11.5 Å². The molecule has 3 aromatic carbocycles. The van der Waals surface area contributed by atoms with Crippen molar-refractivity contribution in [1.29, 1.82) is 0 Å². The minimum atomic E-state index is -0.942. The summed E-state index contributed by atoms with van der Waals surface area (Å²) in [5.41, 5.74) is 6.10. The molecule has 9 nitrogen and oxygen atoms in total. The highest BCUT2D eigenvalue weighted by Crippen LogP contribution is 2.22. The lowest BCUT2D eigenvalue weighted by Crippen LogP contribution is -2.37. The number of anilines is 1. The molecule has 0 aliphatic rings. The highest BCUT2D eigenvalue weighted by Gasteiger charge is 2.13. The van der Waals surface area contributed by atoms with Crippen LogP contribution in [0.3, 0.4) is 0 Å². The third-order valence-corrected chi connectivity index (χ3v) is 5.41. The molecular weight excluding hydrogens is 496 g/mol. The van der Waals surface area contributed by atoms with E-state index in [1.807, 2.05) is 32.0 Å². The van der Waals surface area contributed by atoms with E-state index in [-0.39, 0.29) is 19.1 Å². The lowest BCUT2D eigenvalue weighted by atomic mass is 10.1. The van der Waals surface area contributed by atoms with Crippen LogP contribution in [0.4, 0.5) is 5.69 Å². The second-order valence-corrected chi connectivity index (χ2v) is 8.50. The van der Waals surface area contributed by atoms with Crippen LogP contribution in [0.1, 0.15) is 22.3 Å². The second kappa shape index (κ2) is 13.1. The molecule has 0 radical (unpaired) electrons. The van der Waals surface area contributed by atoms with Crippen LogP contribution < -0.4 is 25.5 Å². The van der Waals surface area contributed by atoms with Crippen molar-refractivity contribution < 1.29 is 23.9 Å². The Morgan fingerprint density at radius 2 is 1.73 bits per heavy atom. The summed E-state index contributed by atoms with van der Waals surface area (Å²) < 4.78 is 10.7. The first-order chi connectivity index (χ1) is 17.7. The van der Waals surface area contributed by atoms with Gasteiger partial charge >= 0.3 is 11.8 Å². The Hall–Kier alpha value is -4.37. The quantitative estimate of drug-likeness (QED) is 0.225. The number of halogens is 1. The first-order valence-corrected chi connectivity index (χ1v) is 11.7. The van der Waals surface area contributed by atoms with Crippen LogP contribution in [-0.4, -0.2) is 37.7 Å². The van der Waals surface area contributed by atoms with Gasteiger partial charge in [-0.15, -0.1) is 0 Å². The molecule has 0 fully saturated rings. The number of amides is 3. The topological polar surface area (TPSA) is 118 Å². The van der Waals surface area contributed by atoms with Crippen molar-refractivity contribution in [3.05, 3.63) is 87.9 Å². The summed E-state index contributed by atoms with van der Waals surface area (Å²) in [4.78, 5) is 36.5. The summed E-state index contributed by atoms with van der Waals surface area (Å²) >= 11 is 6.07. The van der Waals surface area contributed by atoms with Crippen molar-refractivity contribution in [2.75, 3.05) is 19.0 Å². The van der Waals surface area contributed by atoms with Crippen molar-refractivity contribution in [2.45, 2.75) is 20.4 Å². The fourth-order valence-electron chi connectivity index (χ4n) is 3.25. The Balaban J connectivity index is 1.53. The molecule has 0 saturated heterocycles. The predicted molar refractivity (Wildman–Crippen MR) is 142 cm³/mol. The summed E-state index contributed by atoms with van der Waals surface area (Å²) in [5, 5.41) is 9.53. The number of hydrogen-bond acceptors (Lipinski definition) is 6. The fraction of sp³-hybridized carbons (Fsp3) is 0.185. The Bertz CT molecular complexity index is 1310. The minimum absolute atomic E-state index is 0.163. The van der Waals surface area contributed by atoms with Crippen LogP contribution in [0.5, 0.6) is 11.5 Å². The van der Waals surface area contributed by atoms with E-state index < -0.39 is 11.8 Å². The number of nitrogens with zero attached hydrogens (tertiary/aromatic N) is 1. The molecule has 0 aromatic heterocycles. The second-order valence-electron chi connectivity index (χ2n) is 8.07. The van der Waals surface area contributed by atoms with Crippen LogP contribution in [0, 0.1) is 13.8 Å². The van der Waals surface area contributed by atoms with Gasteiger partial charge in [0.05, 0.1) is 13.3 Å². The first kappa shape index (κ1) is 27.2. The molecule has 0 bridgehead atoms. The molecule has 3 rings (SSSR count). The Kier molecular flexibility index (Phi) is 9.62. The summed E-state index contributed by atoms with van der Waals surface area (Å²) in [6, 6.07) is 17.5. The van der Waals surface area contributed by atoms with Gasteiger partial charge in [-0.25, -0.2) is 5.43 Å². The van der Waals surface area contributed by atoms with Crippen molar-refractivity contribution in [2.24, 2.45) is 5.10 Å². The maximum absolute atomic E-state index is 12.4. The summed E-state index contributed by atoms with van der Waals surface area (Å²) in [7, 11) is 1.56. The molecule has 3 N–H and O–H groups in total. The highest BCUT2D eigenvalue weighted by atomic mass is 35.5. The summed E-state index contributed by atoms with van der Waals surface area (Å²) in [6.07, 6.45) is 1.28. The number of carbonyl (C=O) groups is 3. The van der Waals surface area contributed by atoms with E-state index >= 15 is 0 Å². The molecule has 0 aliphatic carbocycles. The van der Waals surface area contributed by atoms with Crippen molar-refractivity contribution >= 4 is 41.2 Å². The van der Waals surface area contributed by atoms with Gasteiger partial charge in [-0.2, -0.15) is 5.10 Å². The van der Waals surface area contributed by atoms with Crippen LogP contribution in [0.25, 0.3) is 0 Å². The molecular formula is C27H27ClN4O5. The fourth-order valence-corrected chi connectivity index (χ4v) is 3.43. The number of nitrogens with one attached hydrogen (secondary N) is 3. The highest BCUT2D eigenvalue weighted by molar-refractivity contribution is 6.35. The molecule has 0 spiro atoms. The predicted octanol–water partition coefficient (Wildman–Crippen LogP) is 3.75. The number of methoxy groups -OCH3 is 1. The minimum Gasteiger partial charge on any atom is -0.497 e. The zero-order chi connectivity index (χ0) is 26.8. The SMILES string of the molecule is COc1ccc(CNC(=O)C(=O)N/N=C\c2cc(Cl)ccc2OCC(=O)Nc2ccc(C)cc2C)cc1. The average Bonchev–Trinajstić information content (AvgIpc) is 2.88. The van der Waals surface area contributed by atoms with Gasteiger partial charge < -0.3 is 20.1 Å². The van der Waals surface area contributed by atoms with Gasteiger partial charge in [-0.3, -0.25) is 14.4 Å². The van der Waals surface area contributed by atoms with Gasteiger partial charge in [-0.1, -0.05) is 41.4 Å². The summed E-state index contributed by atoms with van der Waals surface area (Å²) in [6.45, 7) is 3.79. The maximum atomic E-state index is 12.4. The molecule has 0 atom stereocenters. The largest absolute Gasteiger partial charge is 0.497 e. The van der Waals surface area contributed by atoms with E-state index in [9.17, 15) is 14.4 Å². The number of ether oxygens (including phenoxy) is 2. The van der Waals surface area contributed by atoms with Gasteiger partial charge in [0, 0.05) is 22.8 Å². The zero-order valence-electron chi connectivity index (χ0n) is 20.6. The molecule has 0 unspecified atom stereocenters. The first-order valence-electron chi connectivity index (χ1n) is 11.3. The summed E-state index contributed by atoms with van der Waals surface area (Å²) in [5.74, 6) is -1.12. The normalized spacial score (nSPS) is 10.6. The molecule has 3 aromatic rings. The smallest absolute Gasteiger partial charge is 0.329 e. The number of hydrogen-bond donors (Lipinski definition) is 3. The molecule has 0 saturated carbocycles. The van der Waals surface area contributed by atoms with Gasteiger partial charge in [0.15, 0.2) is 6.61 Å². The van der Waals surface area contributed by atoms with Gasteiger partial charge in [0.25, 0.3) is 5.91 Å². The number of hydrazone groups is 1. The standard InChI is InChI=1S/C27H27ClN4O5/c1-17-4-10-23(18(2)12-17)31-25(33)16-37-24-11-7-21(28)13-20(24)15-30-32-27(35)26(34)29-14-19-5-8-22(36-3)9-6-19/h4-13,15H,14,16H2,1-3H3,(H,29,34)(H,31,33)(H,32,35)/b30-15-. The average molecular weight is 523 g/mol. The number of aryl methyl sites for hydroxylation is 2. The van der Waals surface area contributed by atoms with E-state index in [0.29, 0.717) is 27.8 Å². The Morgan fingerprint density at radius 1 is 0.973 bits per heavy atom. The van der Waals surface area contributed by atoms with Gasteiger partial charge in [-0.05, 0) is 61.4 Å². The molecule has 192 valence electrons. The number of benzene rings is 3. The monoisotopic (exact) mass is 522 g/mol. The van der Waals surface area contributed by atoms with E-state index in [2.05, 4.69) is 21.2 Å². The van der Waals surface area contributed by atoms with E-state index in [4.69, 9.17) is 21.1 Å². The number of rotatable bonds is 9. The van der Waals surface area contributed by atoms with Crippen LogP contribution in [0.2, 0.25) is 5.02 Å². The lowest BCUT2D eigenvalue weighted by molar-refractivity contribution is -0.139. The zero-order valence-corrected chi connectivity index (χ0v) is 21.4. The van der Waals surface area contributed by atoms with E-state index in [1.54, 1.807) is 49.6 Å². The van der Waals surface area contributed by atoms with E-state index in [0.717, 1.165) is 16.7 Å². The van der Waals surface area contributed by atoms with Crippen LogP contribution in [-0.2, 0) is 20.9 Å². The Labute approximate surface area is 219 Å². The van der Waals surface area contributed by atoms with Crippen LogP contribution >= 0.6 is 11.6 Å². The maximum Gasteiger partial charge on any atom is 0.329 e.